The van der Waals surface area contributed by atoms with Gasteiger partial charge in [-0.25, -0.2) is 4.98 Å². The Morgan fingerprint density at radius 3 is 2.42 bits per heavy atom. The maximum absolute atomic E-state index is 12.8. The number of nitrogens with one attached hydrogen (secondary N) is 1. The number of amides is 1. The molecule has 1 amide bonds. The zero-order chi connectivity index (χ0) is 23.0. The molecule has 2 heterocycles. The van der Waals surface area contributed by atoms with Gasteiger partial charge >= 0.3 is 0 Å². The second kappa shape index (κ2) is 10.8. The SMILES string of the molecule is CCN(CC)[C@H](CNC(=O)c1ccc(OCc2cn3ccccc3n2)cc1)c1ccccc1. The number of hydrogen-bond donors (Lipinski definition) is 1. The number of fused-ring (bicyclic) bond motifs is 1. The highest BCUT2D eigenvalue weighted by molar-refractivity contribution is 5.94. The van der Waals surface area contributed by atoms with Crippen LogP contribution in [0.5, 0.6) is 5.75 Å². The molecule has 0 bridgehead atoms. The molecule has 0 unspecified atom stereocenters. The fraction of sp³-hybridized carbons (Fsp3) is 0.259. The van der Waals surface area contributed by atoms with Crippen LogP contribution in [-0.4, -0.2) is 39.8 Å². The normalized spacial score (nSPS) is 12.1. The molecule has 1 N–H and O–H groups in total. The number of ether oxygens (including phenoxy) is 1. The summed E-state index contributed by atoms with van der Waals surface area (Å²) in [7, 11) is 0. The van der Waals surface area contributed by atoms with Gasteiger partial charge in [-0.3, -0.25) is 9.69 Å². The van der Waals surface area contributed by atoms with Gasteiger partial charge in [-0.2, -0.15) is 0 Å². The van der Waals surface area contributed by atoms with E-state index in [2.05, 4.69) is 41.2 Å². The van der Waals surface area contributed by atoms with Gasteiger partial charge in [0, 0.05) is 24.5 Å². The van der Waals surface area contributed by atoms with Crippen molar-refractivity contribution in [2.75, 3.05) is 19.6 Å². The molecule has 4 rings (SSSR count). The van der Waals surface area contributed by atoms with Crippen molar-refractivity contribution in [1.82, 2.24) is 19.6 Å². The molecular weight excluding hydrogens is 412 g/mol. The van der Waals surface area contributed by atoms with Gasteiger partial charge in [0.1, 0.15) is 18.0 Å². The second-order valence-electron chi connectivity index (χ2n) is 7.87. The summed E-state index contributed by atoms with van der Waals surface area (Å²) in [6.07, 6.45) is 3.91. The van der Waals surface area contributed by atoms with Crippen molar-refractivity contribution in [3.63, 3.8) is 0 Å². The van der Waals surface area contributed by atoms with Crippen LogP contribution in [-0.2, 0) is 6.61 Å². The molecule has 2 aromatic carbocycles. The van der Waals surface area contributed by atoms with Crippen LogP contribution in [0.1, 0.15) is 41.5 Å². The number of likely N-dealkylation sites (N-methyl/N-ethyl adjacent to an activating group) is 1. The number of nitrogens with zero attached hydrogens (tertiary/aromatic N) is 3. The fourth-order valence-corrected chi connectivity index (χ4v) is 4.01. The van der Waals surface area contributed by atoms with E-state index in [-0.39, 0.29) is 11.9 Å². The summed E-state index contributed by atoms with van der Waals surface area (Å²) in [5, 5.41) is 3.10. The number of carbonyl (C=O) groups is 1. The maximum Gasteiger partial charge on any atom is 0.251 e. The molecule has 0 aliphatic carbocycles. The standard InChI is InChI=1S/C27H30N4O2/c1-3-30(4-2)25(21-10-6-5-7-11-21)18-28-27(32)22-13-15-24(16-14-22)33-20-23-19-31-17-9-8-12-26(31)29-23/h5-17,19,25H,3-4,18,20H2,1-2H3,(H,28,32)/t25-/m1/s1. The first kappa shape index (κ1) is 22.6. The van der Waals surface area contributed by atoms with Crippen molar-refractivity contribution in [2.24, 2.45) is 0 Å². The number of pyridine rings is 1. The first-order chi connectivity index (χ1) is 16.2. The van der Waals surface area contributed by atoms with Crippen LogP contribution in [0.25, 0.3) is 5.65 Å². The number of carbonyl (C=O) groups excluding carboxylic acids is 1. The summed E-state index contributed by atoms with van der Waals surface area (Å²) in [5.41, 5.74) is 3.56. The van der Waals surface area contributed by atoms with E-state index in [1.165, 1.54) is 5.56 Å². The van der Waals surface area contributed by atoms with Crippen LogP contribution in [0.15, 0.2) is 85.2 Å². The Kier molecular flexibility index (Phi) is 7.37. The van der Waals surface area contributed by atoms with Crippen LogP contribution in [0.2, 0.25) is 0 Å². The molecule has 0 fully saturated rings. The lowest BCUT2D eigenvalue weighted by molar-refractivity contribution is 0.0935. The summed E-state index contributed by atoms with van der Waals surface area (Å²) < 4.78 is 7.82. The summed E-state index contributed by atoms with van der Waals surface area (Å²) in [5.74, 6) is 0.615. The molecule has 170 valence electrons. The van der Waals surface area contributed by atoms with Crippen LogP contribution in [0.3, 0.4) is 0 Å². The second-order valence-corrected chi connectivity index (χ2v) is 7.87. The third kappa shape index (κ3) is 5.59. The number of benzene rings is 2. The lowest BCUT2D eigenvalue weighted by Crippen LogP contribution is -2.38. The fourth-order valence-electron chi connectivity index (χ4n) is 4.01. The van der Waals surface area contributed by atoms with Gasteiger partial charge in [0.15, 0.2) is 0 Å². The van der Waals surface area contributed by atoms with Crippen LogP contribution in [0.4, 0.5) is 0 Å². The van der Waals surface area contributed by atoms with Gasteiger partial charge in [-0.05, 0) is 55.1 Å². The third-order valence-electron chi connectivity index (χ3n) is 5.81. The predicted molar refractivity (Wildman–Crippen MR) is 130 cm³/mol. The molecule has 0 aliphatic rings. The molecule has 0 spiro atoms. The summed E-state index contributed by atoms with van der Waals surface area (Å²) >= 11 is 0. The van der Waals surface area contributed by atoms with Crippen molar-refractivity contribution < 1.29 is 9.53 Å². The van der Waals surface area contributed by atoms with Crippen molar-refractivity contribution in [3.05, 3.63) is 102 Å². The zero-order valence-electron chi connectivity index (χ0n) is 19.1. The molecule has 4 aromatic rings. The van der Waals surface area contributed by atoms with E-state index in [4.69, 9.17) is 4.74 Å². The highest BCUT2D eigenvalue weighted by Gasteiger charge is 2.19. The molecule has 0 aliphatic heterocycles. The lowest BCUT2D eigenvalue weighted by atomic mass is 10.0. The van der Waals surface area contributed by atoms with Gasteiger partial charge in [-0.15, -0.1) is 0 Å². The van der Waals surface area contributed by atoms with Crippen LogP contribution >= 0.6 is 0 Å². The number of aromatic nitrogens is 2. The Hall–Kier alpha value is -3.64. The van der Waals surface area contributed by atoms with Gasteiger partial charge in [0.25, 0.3) is 5.91 Å². The third-order valence-corrected chi connectivity index (χ3v) is 5.81. The Bertz CT molecular complexity index is 1130. The lowest BCUT2D eigenvalue weighted by Gasteiger charge is -2.30. The predicted octanol–water partition coefficient (Wildman–Crippen LogP) is 4.73. The molecule has 6 heteroatoms. The topological polar surface area (TPSA) is 58.9 Å². The Labute approximate surface area is 194 Å². The van der Waals surface area contributed by atoms with Gasteiger partial charge < -0.3 is 14.5 Å². The minimum absolute atomic E-state index is 0.0880. The van der Waals surface area contributed by atoms with Gasteiger partial charge in [-0.1, -0.05) is 50.2 Å². The minimum atomic E-state index is -0.0880. The monoisotopic (exact) mass is 442 g/mol. The van der Waals surface area contributed by atoms with Crippen LogP contribution < -0.4 is 10.1 Å². The average Bonchev–Trinajstić information content (AvgIpc) is 3.29. The summed E-state index contributed by atoms with van der Waals surface area (Å²) in [6, 6.07) is 23.6. The minimum Gasteiger partial charge on any atom is -0.487 e. The average molecular weight is 443 g/mol. The molecule has 6 nitrogen and oxygen atoms in total. The van der Waals surface area contributed by atoms with Crippen molar-refractivity contribution in [3.8, 4) is 5.75 Å². The summed E-state index contributed by atoms with van der Waals surface area (Å²) in [6.45, 7) is 7.06. The Morgan fingerprint density at radius 1 is 1.00 bits per heavy atom. The van der Waals surface area contributed by atoms with E-state index < -0.39 is 0 Å². The smallest absolute Gasteiger partial charge is 0.251 e. The zero-order valence-corrected chi connectivity index (χ0v) is 19.1. The molecule has 0 saturated heterocycles. The van der Waals surface area contributed by atoms with Crippen LogP contribution in [0, 0.1) is 0 Å². The van der Waals surface area contributed by atoms with E-state index in [9.17, 15) is 4.79 Å². The molecule has 0 saturated carbocycles. The molecule has 1 atom stereocenters. The Balaban J connectivity index is 1.35. The van der Waals surface area contributed by atoms with Gasteiger partial charge in [0.05, 0.1) is 11.7 Å². The van der Waals surface area contributed by atoms with E-state index in [0.717, 1.165) is 24.4 Å². The van der Waals surface area contributed by atoms with E-state index in [0.29, 0.717) is 24.5 Å². The first-order valence-electron chi connectivity index (χ1n) is 11.4. The first-order valence-corrected chi connectivity index (χ1v) is 11.4. The molecular formula is C27H30N4O2. The van der Waals surface area contributed by atoms with E-state index >= 15 is 0 Å². The summed E-state index contributed by atoms with van der Waals surface area (Å²) in [4.78, 5) is 19.7. The number of rotatable bonds is 10. The maximum atomic E-state index is 12.8. The molecule has 2 aromatic heterocycles. The van der Waals surface area contributed by atoms with Gasteiger partial charge in [0.2, 0.25) is 0 Å². The van der Waals surface area contributed by atoms with E-state index in [1.54, 1.807) is 12.1 Å². The number of hydrogen-bond acceptors (Lipinski definition) is 4. The van der Waals surface area contributed by atoms with Crippen molar-refractivity contribution >= 4 is 11.6 Å². The van der Waals surface area contributed by atoms with Crippen molar-refractivity contribution in [1.29, 1.82) is 0 Å². The highest BCUT2D eigenvalue weighted by atomic mass is 16.5. The highest BCUT2D eigenvalue weighted by Crippen LogP contribution is 2.20. The largest absolute Gasteiger partial charge is 0.487 e. The Morgan fingerprint density at radius 2 is 1.73 bits per heavy atom. The number of imidazole rings is 1. The quantitative estimate of drug-likeness (QED) is 0.386. The van der Waals surface area contributed by atoms with Crippen molar-refractivity contribution in [2.45, 2.75) is 26.5 Å². The molecule has 33 heavy (non-hydrogen) atoms. The molecule has 0 radical (unpaired) electrons. The van der Waals surface area contributed by atoms with E-state index in [1.807, 2.05) is 65.3 Å².